The lowest BCUT2D eigenvalue weighted by molar-refractivity contribution is 0.425. The van der Waals surface area contributed by atoms with Gasteiger partial charge in [-0.05, 0) is 98.6 Å². The van der Waals surface area contributed by atoms with E-state index in [0.717, 1.165) is 93.2 Å². The molecule has 45 heavy (non-hydrogen) atoms. The van der Waals surface area contributed by atoms with Crippen LogP contribution in [-0.4, -0.2) is 63.8 Å². The number of pyridine rings is 2. The topological polar surface area (TPSA) is 97.5 Å². The van der Waals surface area contributed by atoms with Crippen molar-refractivity contribution in [3.05, 3.63) is 84.7 Å². The molecule has 0 saturated heterocycles. The van der Waals surface area contributed by atoms with Gasteiger partial charge in [0.2, 0.25) is 0 Å². The van der Waals surface area contributed by atoms with Crippen LogP contribution >= 0.6 is 0 Å². The number of anilines is 1. The minimum Gasteiger partial charge on any atom is -0.384 e. The van der Waals surface area contributed by atoms with Crippen LogP contribution in [0.25, 0.3) is 55.4 Å². The number of rotatable bonds is 11. The Hall–Kier alpha value is -4.60. The van der Waals surface area contributed by atoms with Crippen molar-refractivity contribution in [3.8, 4) is 33.6 Å². The molecule has 9 heteroatoms. The zero-order valence-electron chi connectivity index (χ0n) is 25.8. The van der Waals surface area contributed by atoms with Gasteiger partial charge in [-0.2, -0.15) is 5.10 Å². The molecule has 2 aromatic carbocycles. The number of likely N-dealkylation sites (N-methyl/N-ethyl adjacent to an activating group) is 1. The van der Waals surface area contributed by atoms with E-state index in [-0.39, 0.29) is 5.82 Å². The van der Waals surface area contributed by atoms with Crippen LogP contribution in [0.1, 0.15) is 31.2 Å². The molecular formula is C36H39FN8. The van der Waals surface area contributed by atoms with Crippen LogP contribution in [0.4, 0.5) is 10.1 Å². The quantitative estimate of drug-likeness (QED) is 0.125. The van der Waals surface area contributed by atoms with E-state index < -0.39 is 0 Å². The number of benzene rings is 2. The van der Waals surface area contributed by atoms with Crippen molar-refractivity contribution < 1.29 is 4.39 Å². The summed E-state index contributed by atoms with van der Waals surface area (Å²) in [5, 5.41) is 16.8. The Kier molecular flexibility index (Phi) is 8.28. The smallest absolute Gasteiger partial charge is 0.125 e. The highest BCUT2D eigenvalue weighted by atomic mass is 19.1. The number of fused-ring (bicyclic) bond motifs is 2. The molecule has 0 amide bonds. The monoisotopic (exact) mass is 602 g/mol. The second-order valence-electron chi connectivity index (χ2n) is 12.5. The van der Waals surface area contributed by atoms with E-state index in [0.29, 0.717) is 0 Å². The summed E-state index contributed by atoms with van der Waals surface area (Å²) < 4.78 is 14.7. The van der Waals surface area contributed by atoms with Crippen molar-refractivity contribution in [2.24, 2.45) is 5.92 Å². The summed E-state index contributed by atoms with van der Waals surface area (Å²) in [6.45, 7) is 3.47. The van der Waals surface area contributed by atoms with Gasteiger partial charge in [-0.3, -0.25) is 15.1 Å². The zero-order chi connectivity index (χ0) is 30.8. The van der Waals surface area contributed by atoms with E-state index in [1.165, 1.54) is 37.3 Å². The van der Waals surface area contributed by atoms with E-state index in [1.807, 2.05) is 32.6 Å². The summed E-state index contributed by atoms with van der Waals surface area (Å²) in [4.78, 5) is 14.6. The average Bonchev–Trinajstić information content (AvgIpc) is 3.80. The van der Waals surface area contributed by atoms with E-state index in [2.05, 4.69) is 65.9 Å². The lowest BCUT2D eigenvalue weighted by Crippen LogP contribution is -2.20. The van der Waals surface area contributed by atoms with Gasteiger partial charge in [0.1, 0.15) is 11.5 Å². The van der Waals surface area contributed by atoms with Crippen LogP contribution in [0.5, 0.6) is 0 Å². The Morgan fingerprint density at radius 2 is 1.73 bits per heavy atom. The third-order valence-corrected chi connectivity index (χ3v) is 8.83. The first kappa shape index (κ1) is 29.1. The van der Waals surface area contributed by atoms with E-state index >= 15 is 0 Å². The largest absolute Gasteiger partial charge is 0.384 e. The molecule has 0 bridgehead atoms. The first-order valence-electron chi connectivity index (χ1n) is 15.8. The molecule has 1 fully saturated rings. The fourth-order valence-corrected chi connectivity index (χ4v) is 6.46. The number of aromatic amines is 2. The number of hydrogen-bond acceptors (Lipinski definition) is 6. The summed E-state index contributed by atoms with van der Waals surface area (Å²) in [6, 6.07) is 15.7. The molecule has 6 aromatic rings. The summed E-state index contributed by atoms with van der Waals surface area (Å²) in [5.74, 6) is 0.516. The van der Waals surface area contributed by atoms with Crippen molar-refractivity contribution in [3.63, 3.8) is 0 Å². The number of H-pyrrole nitrogens is 2. The minimum absolute atomic E-state index is 0.290. The van der Waals surface area contributed by atoms with Crippen LogP contribution in [-0.2, 0) is 6.54 Å². The van der Waals surface area contributed by atoms with Crippen LogP contribution in [0.15, 0.2) is 73.3 Å². The molecule has 0 unspecified atom stereocenters. The Morgan fingerprint density at radius 3 is 2.60 bits per heavy atom. The fraction of sp³-hybridized carbons (Fsp3) is 0.306. The Balaban J connectivity index is 1.17. The number of halogens is 1. The number of nitrogens with one attached hydrogen (secondary N) is 4. The summed E-state index contributed by atoms with van der Waals surface area (Å²) >= 11 is 0. The van der Waals surface area contributed by atoms with E-state index in [4.69, 9.17) is 5.10 Å². The molecule has 4 N–H and O–H groups in total. The highest BCUT2D eigenvalue weighted by Gasteiger charge is 2.17. The maximum atomic E-state index is 14.7. The molecule has 1 aliphatic carbocycles. The first-order chi connectivity index (χ1) is 22.0. The fourth-order valence-electron chi connectivity index (χ4n) is 6.46. The summed E-state index contributed by atoms with van der Waals surface area (Å²) in [5.41, 5.74) is 9.22. The summed E-state index contributed by atoms with van der Waals surface area (Å²) in [6.07, 6.45) is 12.9. The van der Waals surface area contributed by atoms with Crippen LogP contribution in [0.3, 0.4) is 0 Å². The molecule has 4 heterocycles. The number of aromatic nitrogens is 5. The highest BCUT2D eigenvalue weighted by Crippen LogP contribution is 2.36. The van der Waals surface area contributed by atoms with Crippen molar-refractivity contribution in [2.45, 2.75) is 32.2 Å². The van der Waals surface area contributed by atoms with Gasteiger partial charge in [-0.15, -0.1) is 0 Å². The molecule has 4 aromatic heterocycles. The minimum atomic E-state index is -0.290. The molecule has 0 aliphatic heterocycles. The maximum Gasteiger partial charge on any atom is 0.125 e. The Bertz CT molecular complexity index is 1930. The van der Waals surface area contributed by atoms with Crippen molar-refractivity contribution >= 4 is 27.5 Å². The number of nitrogens with zero attached hydrogens (tertiary/aromatic N) is 4. The number of hydrogen-bond donors (Lipinski definition) is 4. The zero-order valence-corrected chi connectivity index (χ0v) is 25.8. The van der Waals surface area contributed by atoms with Gasteiger partial charge in [0.15, 0.2) is 0 Å². The highest BCUT2D eigenvalue weighted by molar-refractivity contribution is 6.01. The summed E-state index contributed by atoms with van der Waals surface area (Å²) in [7, 11) is 4.03. The second-order valence-corrected chi connectivity index (χ2v) is 12.5. The SMILES string of the molecule is CN(C)CCNc1cc(F)cc(-c2cncc3[nH]c(-c4n[nH]c5ccc(-c6cncc(CNCC7CCCC7)c6)cc45)cc23)c1. The molecule has 1 saturated carbocycles. The third-order valence-electron chi connectivity index (χ3n) is 8.83. The average molecular weight is 603 g/mol. The van der Waals surface area contributed by atoms with Gasteiger partial charge in [-0.25, -0.2) is 4.39 Å². The second kappa shape index (κ2) is 12.8. The molecule has 0 spiro atoms. The predicted molar refractivity (Wildman–Crippen MR) is 181 cm³/mol. The van der Waals surface area contributed by atoms with Crippen molar-refractivity contribution in [1.29, 1.82) is 0 Å². The van der Waals surface area contributed by atoms with E-state index in [9.17, 15) is 4.39 Å². The standard InChI is InChI=1S/C36H39FN8/c1-45(2)10-9-41-29-13-26(12-28(37)15-29)32-21-40-22-35-30(32)16-34(42-35)36-31-14-25(7-8-33(31)43-44-36)27-11-24(19-39-20-27)18-38-17-23-5-3-4-6-23/h7-8,11-16,19-23,38,41-42H,3-6,9-10,17-18H2,1-2H3,(H,43,44). The Morgan fingerprint density at radius 1 is 0.867 bits per heavy atom. The first-order valence-corrected chi connectivity index (χ1v) is 15.8. The van der Waals surface area contributed by atoms with Gasteiger partial charge in [0.05, 0.1) is 22.9 Å². The molecule has 8 nitrogen and oxygen atoms in total. The molecule has 230 valence electrons. The lowest BCUT2D eigenvalue weighted by Gasteiger charge is -2.13. The molecular weight excluding hydrogens is 563 g/mol. The van der Waals surface area contributed by atoms with E-state index in [1.54, 1.807) is 18.5 Å². The third kappa shape index (κ3) is 6.45. The lowest BCUT2D eigenvalue weighted by atomic mass is 10.0. The van der Waals surface area contributed by atoms with Gasteiger partial charge in [-0.1, -0.05) is 18.9 Å². The van der Waals surface area contributed by atoms with Crippen molar-refractivity contribution in [1.82, 2.24) is 35.4 Å². The Labute approximate surface area is 262 Å². The van der Waals surface area contributed by atoms with Crippen LogP contribution in [0, 0.1) is 11.7 Å². The molecule has 0 radical (unpaired) electrons. The predicted octanol–water partition coefficient (Wildman–Crippen LogP) is 7.23. The van der Waals surface area contributed by atoms with Crippen LogP contribution < -0.4 is 10.6 Å². The maximum absolute atomic E-state index is 14.7. The van der Waals surface area contributed by atoms with Crippen LogP contribution in [0.2, 0.25) is 0 Å². The van der Waals surface area contributed by atoms with Gasteiger partial charge < -0.3 is 20.5 Å². The van der Waals surface area contributed by atoms with Gasteiger partial charge >= 0.3 is 0 Å². The van der Waals surface area contributed by atoms with Crippen molar-refractivity contribution in [2.75, 3.05) is 39.0 Å². The van der Waals surface area contributed by atoms with Gasteiger partial charge in [0, 0.05) is 65.8 Å². The molecule has 1 aliphatic rings. The molecule has 7 rings (SSSR count). The molecule has 0 atom stereocenters. The van der Waals surface area contributed by atoms with Gasteiger partial charge in [0.25, 0.3) is 0 Å². The normalized spacial score (nSPS) is 13.9.